The zero-order chi connectivity index (χ0) is 11.3. The minimum atomic E-state index is 0.0891. The first kappa shape index (κ1) is 12.0. The van der Waals surface area contributed by atoms with Crippen molar-refractivity contribution in [3.63, 3.8) is 0 Å². The lowest BCUT2D eigenvalue weighted by Gasteiger charge is -2.17. The molecule has 1 unspecified atom stereocenters. The Bertz CT molecular complexity index is 282. The number of hydrogen-bond acceptors (Lipinski definition) is 3. The van der Waals surface area contributed by atoms with E-state index < -0.39 is 0 Å². The number of benzene rings is 1. The summed E-state index contributed by atoms with van der Waals surface area (Å²) in [6.07, 6.45) is 0. The fourth-order valence-electron chi connectivity index (χ4n) is 1.20. The lowest BCUT2D eigenvalue weighted by molar-refractivity contribution is 0.282. The molecule has 3 heteroatoms. The number of aliphatic hydroxyl groups is 1. The van der Waals surface area contributed by atoms with Crippen LogP contribution in [0.25, 0.3) is 0 Å². The zero-order valence-corrected chi connectivity index (χ0v) is 9.40. The summed E-state index contributed by atoms with van der Waals surface area (Å²) in [5, 5.41) is 12.1. The van der Waals surface area contributed by atoms with Gasteiger partial charge in [0.05, 0.1) is 6.61 Å². The SMILES string of the molecule is CC(C)C(N)CNc1ccc(CO)cc1. The van der Waals surface area contributed by atoms with Gasteiger partial charge in [-0.05, 0) is 23.6 Å². The molecule has 1 aromatic rings. The number of anilines is 1. The maximum Gasteiger partial charge on any atom is 0.0681 e. The molecule has 0 spiro atoms. The highest BCUT2D eigenvalue weighted by molar-refractivity contribution is 5.44. The number of hydrogen-bond donors (Lipinski definition) is 3. The van der Waals surface area contributed by atoms with Gasteiger partial charge in [-0.25, -0.2) is 0 Å². The van der Waals surface area contributed by atoms with Crippen LogP contribution in [0.3, 0.4) is 0 Å². The van der Waals surface area contributed by atoms with E-state index >= 15 is 0 Å². The second kappa shape index (κ2) is 5.73. The zero-order valence-electron chi connectivity index (χ0n) is 9.40. The Morgan fingerprint density at radius 1 is 1.27 bits per heavy atom. The van der Waals surface area contributed by atoms with Crippen molar-refractivity contribution in [3.8, 4) is 0 Å². The smallest absolute Gasteiger partial charge is 0.0681 e. The maximum absolute atomic E-state index is 8.88. The monoisotopic (exact) mass is 208 g/mol. The molecule has 84 valence electrons. The summed E-state index contributed by atoms with van der Waals surface area (Å²) in [4.78, 5) is 0. The number of nitrogens with two attached hydrogens (primary N) is 1. The normalized spacial score (nSPS) is 12.9. The van der Waals surface area contributed by atoms with E-state index in [4.69, 9.17) is 10.8 Å². The van der Waals surface area contributed by atoms with E-state index in [2.05, 4.69) is 19.2 Å². The molecule has 0 amide bonds. The molecular weight excluding hydrogens is 188 g/mol. The molecule has 0 aliphatic carbocycles. The van der Waals surface area contributed by atoms with Gasteiger partial charge in [0.2, 0.25) is 0 Å². The molecule has 15 heavy (non-hydrogen) atoms. The van der Waals surface area contributed by atoms with Crippen LogP contribution >= 0.6 is 0 Å². The lowest BCUT2D eigenvalue weighted by atomic mass is 10.1. The number of rotatable bonds is 5. The van der Waals surface area contributed by atoms with Gasteiger partial charge in [0.15, 0.2) is 0 Å². The van der Waals surface area contributed by atoms with Crippen molar-refractivity contribution in [1.29, 1.82) is 0 Å². The lowest BCUT2D eigenvalue weighted by Crippen LogP contribution is -2.33. The van der Waals surface area contributed by atoms with Crippen molar-refractivity contribution in [2.24, 2.45) is 11.7 Å². The standard InChI is InChI=1S/C12H20N2O/c1-9(2)12(13)7-14-11-5-3-10(8-15)4-6-11/h3-6,9,12,14-15H,7-8,13H2,1-2H3. The summed E-state index contributed by atoms with van der Waals surface area (Å²) in [7, 11) is 0. The van der Waals surface area contributed by atoms with Crippen LogP contribution in [0, 0.1) is 5.92 Å². The first-order chi connectivity index (χ1) is 7.13. The molecule has 1 aromatic carbocycles. The average molecular weight is 208 g/mol. The van der Waals surface area contributed by atoms with Gasteiger partial charge >= 0.3 is 0 Å². The molecule has 0 saturated carbocycles. The molecule has 0 saturated heterocycles. The van der Waals surface area contributed by atoms with E-state index in [0.717, 1.165) is 17.8 Å². The van der Waals surface area contributed by atoms with Crippen LogP contribution in [-0.2, 0) is 6.61 Å². The molecule has 0 aliphatic heterocycles. The molecule has 0 aliphatic rings. The summed E-state index contributed by atoms with van der Waals surface area (Å²) < 4.78 is 0. The van der Waals surface area contributed by atoms with E-state index in [-0.39, 0.29) is 12.6 Å². The molecule has 1 atom stereocenters. The summed E-state index contributed by atoms with van der Waals surface area (Å²) in [5.74, 6) is 0.481. The van der Waals surface area contributed by atoms with Crippen molar-refractivity contribution in [1.82, 2.24) is 0 Å². The van der Waals surface area contributed by atoms with Crippen LogP contribution in [0.1, 0.15) is 19.4 Å². The Morgan fingerprint density at radius 2 is 1.87 bits per heavy atom. The van der Waals surface area contributed by atoms with Gasteiger partial charge in [-0.15, -0.1) is 0 Å². The largest absolute Gasteiger partial charge is 0.392 e. The maximum atomic E-state index is 8.88. The highest BCUT2D eigenvalue weighted by Gasteiger charge is 2.06. The quantitative estimate of drug-likeness (QED) is 0.688. The predicted molar refractivity (Wildman–Crippen MR) is 63.7 cm³/mol. The van der Waals surface area contributed by atoms with Gasteiger partial charge in [-0.1, -0.05) is 26.0 Å². The van der Waals surface area contributed by atoms with E-state index in [1.807, 2.05) is 24.3 Å². The Labute approximate surface area is 91.3 Å². The highest BCUT2D eigenvalue weighted by atomic mass is 16.3. The summed E-state index contributed by atoms with van der Waals surface area (Å²) in [5.41, 5.74) is 7.89. The van der Waals surface area contributed by atoms with Crippen LogP contribution in [-0.4, -0.2) is 17.7 Å². The molecule has 0 radical (unpaired) electrons. The van der Waals surface area contributed by atoms with Crippen LogP contribution < -0.4 is 11.1 Å². The van der Waals surface area contributed by atoms with Gasteiger partial charge < -0.3 is 16.2 Å². The Balaban J connectivity index is 2.44. The number of aliphatic hydroxyl groups excluding tert-OH is 1. The molecular formula is C12H20N2O. The molecule has 0 heterocycles. The third-order valence-corrected chi connectivity index (χ3v) is 2.53. The van der Waals surface area contributed by atoms with Gasteiger partial charge in [-0.3, -0.25) is 0 Å². The second-order valence-electron chi connectivity index (χ2n) is 4.14. The van der Waals surface area contributed by atoms with Crippen molar-refractivity contribution in [2.45, 2.75) is 26.5 Å². The first-order valence-corrected chi connectivity index (χ1v) is 5.32. The van der Waals surface area contributed by atoms with Crippen LogP contribution in [0.5, 0.6) is 0 Å². The fourth-order valence-corrected chi connectivity index (χ4v) is 1.20. The molecule has 3 nitrogen and oxygen atoms in total. The molecule has 1 rings (SSSR count). The average Bonchev–Trinajstić information content (AvgIpc) is 2.26. The van der Waals surface area contributed by atoms with Crippen LogP contribution in [0.2, 0.25) is 0 Å². The van der Waals surface area contributed by atoms with Crippen molar-refractivity contribution < 1.29 is 5.11 Å². The van der Waals surface area contributed by atoms with E-state index in [1.165, 1.54) is 0 Å². The predicted octanol–water partition coefficient (Wildman–Crippen LogP) is 1.57. The third kappa shape index (κ3) is 3.90. The molecule has 0 fully saturated rings. The first-order valence-electron chi connectivity index (χ1n) is 5.32. The van der Waals surface area contributed by atoms with Gasteiger partial charge in [0.25, 0.3) is 0 Å². The molecule has 0 aromatic heterocycles. The minimum absolute atomic E-state index is 0.0891. The Hall–Kier alpha value is -1.06. The second-order valence-corrected chi connectivity index (χ2v) is 4.14. The van der Waals surface area contributed by atoms with E-state index in [9.17, 15) is 0 Å². The van der Waals surface area contributed by atoms with E-state index in [0.29, 0.717) is 5.92 Å². The van der Waals surface area contributed by atoms with E-state index in [1.54, 1.807) is 0 Å². The Kier molecular flexibility index (Phi) is 4.59. The van der Waals surface area contributed by atoms with Gasteiger partial charge in [0, 0.05) is 18.3 Å². The Morgan fingerprint density at radius 3 is 2.33 bits per heavy atom. The minimum Gasteiger partial charge on any atom is -0.392 e. The van der Waals surface area contributed by atoms with Crippen LogP contribution in [0.15, 0.2) is 24.3 Å². The molecule has 4 N–H and O–H groups in total. The summed E-state index contributed by atoms with van der Waals surface area (Å²) >= 11 is 0. The van der Waals surface area contributed by atoms with Crippen LogP contribution in [0.4, 0.5) is 5.69 Å². The highest BCUT2D eigenvalue weighted by Crippen LogP contribution is 2.10. The summed E-state index contributed by atoms with van der Waals surface area (Å²) in [6.45, 7) is 5.09. The van der Waals surface area contributed by atoms with Crippen molar-refractivity contribution in [3.05, 3.63) is 29.8 Å². The van der Waals surface area contributed by atoms with Gasteiger partial charge in [0.1, 0.15) is 0 Å². The molecule has 0 bridgehead atoms. The summed E-state index contributed by atoms with van der Waals surface area (Å²) in [6, 6.07) is 7.89. The van der Waals surface area contributed by atoms with Crippen molar-refractivity contribution in [2.75, 3.05) is 11.9 Å². The van der Waals surface area contributed by atoms with Gasteiger partial charge in [-0.2, -0.15) is 0 Å². The topological polar surface area (TPSA) is 58.3 Å². The number of nitrogens with one attached hydrogen (secondary N) is 1. The fraction of sp³-hybridized carbons (Fsp3) is 0.500. The van der Waals surface area contributed by atoms with Crippen molar-refractivity contribution >= 4 is 5.69 Å². The third-order valence-electron chi connectivity index (χ3n) is 2.53.